The first-order chi connectivity index (χ1) is 9.84. The van der Waals surface area contributed by atoms with Gasteiger partial charge in [-0.2, -0.15) is 0 Å². The van der Waals surface area contributed by atoms with Crippen LogP contribution in [0.3, 0.4) is 0 Å². The van der Waals surface area contributed by atoms with Crippen molar-refractivity contribution in [3.05, 3.63) is 12.0 Å². The Bertz CT molecular complexity index is 527. The van der Waals surface area contributed by atoms with E-state index in [4.69, 9.17) is 9.31 Å². The number of aromatic amines is 1. The predicted molar refractivity (Wildman–Crippen MR) is 79.0 cm³/mol. The van der Waals surface area contributed by atoms with E-state index >= 15 is 0 Å². The van der Waals surface area contributed by atoms with Crippen LogP contribution in [0.5, 0.6) is 0 Å². The van der Waals surface area contributed by atoms with Gasteiger partial charge in [0.1, 0.15) is 5.82 Å². The summed E-state index contributed by atoms with van der Waals surface area (Å²) < 4.78 is 12.0. The summed E-state index contributed by atoms with van der Waals surface area (Å²) in [6, 6.07) is 0.0404. The highest BCUT2D eigenvalue weighted by Gasteiger charge is 2.52. The van der Waals surface area contributed by atoms with Gasteiger partial charge in [-0.05, 0) is 40.5 Å². The number of H-pyrrole nitrogens is 1. The molecule has 21 heavy (non-hydrogen) atoms. The van der Waals surface area contributed by atoms with Crippen LogP contribution in [0.1, 0.15) is 52.4 Å². The van der Waals surface area contributed by atoms with Crippen LogP contribution in [0.25, 0.3) is 0 Å². The van der Waals surface area contributed by atoms with Crippen LogP contribution >= 0.6 is 0 Å². The minimum Gasteiger partial charge on any atom is -0.398 e. The van der Waals surface area contributed by atoms with E-state index in [2.05, 4.69) is 9.97 Å². The third-order valence-electron chi connectivity index (χ3n) is 4.87. The van der Waals surface area contributed by atoms with Gasteiger partial charge in [0.2, 0.25) is 6.41 Å². The summed E-state index contributed by atoms with van der Waals surface area (Å²) in [7, 11) is -0.442. The molecule has 3 rings (SSSR count). The highest BCUT2D eigenvalue weighted by atomic mass is 16.7. The molecule has 2 aliphatic rings. The zero-order valence-corrected chi connectivity index (χ0v) is 13.0. The lowest BCUT2D eigenvalue weighted by Gasteiger charge is -2.32. The van der Waals surface area contributed by atoms with Crippen LogP contribution in [-0.2, 0) is 14.1 Å². The van der Waals surface area contributed by atoms with Crippen molar-refractivity contribution in [2.75, 3.05) is 6.54 Å². The number of imidazole rings is 1. The Kier molecular flexibility index (Phi) is 3.37. The fraction of sp³-hybridized carbons (Fsp3) is 0.714. The van der Waals surface area contributed by atoms with Crippen molar-refractivity contribution in [3.63, 3.8) is 0 Å². The summed E-state index contributed by atoms with van der Waals surface area (Å²) in [6.45, 7) is 8.89. The second-order valence-electron chi connectivity index (χ2n) is 6.81. The number of nitrogens with one attached hydrogen (secondary N) is 1. The Morgan fingerprint density at radius 2 is 2.05 bits per heavy atom. The SMILES string of the molecule is CC1(C)OB(c2cnc([C@@H]3CCCN3C=O)[nH]2)OC1(C)C. The molecular formula is C14H22BN3O3. The lowest BCUT2D eigenvalue weighted by Crippen LogP contribution is -2.41. The van der Waals surface area contributed by atoms with Gasteiger partial charge in [-0.3, -0.25) is 4.79 Å². The molecule has 114 valence electrons. The number of rotatable bonds is 3. The molecule has 1 amide bonds. The molecule has 0 radical (unpaired) electrons. The molecule has 2 saturated heterocycles. The van der Waals surface area contributed by atoms with Gasteiger partial charge in [0.25, 0.3) is 0 Å². The summed E-state index contributed by atoms with van der Waals surface area (Å²) in [5.41, 5.74) is 0.0670. The molecule has 0 aromatic carbocycles. The van der Waals surface area contributed by atoms with Crippen LogP contribution in [0.2, 0.25) is 0 Å². The summed E-state index contributed by atoms with van der Waals surface area (Å²) in [6.07, 6.45) is 4.60. The van der Waals surface area contributed by atoms with E-state index in [0.29, 0.717) is 0 Å². The smallest absolute Gasteiger partial charge is 0.398 e. The van der Waals surface area contributed by atoms with Crippen molar-refractivity contribution in [3.8, 4) is 0 Å². The molecule has 0 bridgehead atoms. The Balaban J connectivity index is 1.79. The molecule has 7 heteroatoms. The third kappa shape index (κ3) is 2.38. The summed E-state index contributed by atoms with van der Waals surface area (Å²) in [5, 5.41) is 0. The molecule has 1 N–H and O–H groups in total. The van der Waals surface area contributed by atoms with E-state index < -0.39 is 7.12 Å². The lowest BCUT2D eigenvalue weighted by atomic mass is 9.86. The molecule has 3 heterocycles. The fourth-order valence-electron chi connectivity index (χ4n) is 2.82. The molecule has 0 aliphatic carbocycles. The zero-order chi connectivity index (χ0) is 15.3. The van der Waals surface area contributed by atoms with Gasteiger partial charge in [0.05, 0.1) is 22.8 Å². The quantitative estimate of drug-likeness (QED) is 0.666. The van der Waals surface area contributed by atoms with E-state index in [0.717, 1.165) is 37.2 Å². The first-order valence-corrected chi connectivity index (χ1v) is 7.45. The van der Waals surface area contributed by atoms with E-state index in [1.807, 2.05) is 27.7 Å². The van der Waals surface area contributed by atoms with Gasteiger partial charge in [-0.25, -0.2) is 4.98 Å². The monoisotopic (exact) mass is 291 g/mol. The standard InChI is InChI=1S/C14H22BN3O3/c1-13(2)14(3,4)21-15(20-13)11-8-16-12(17-11)10-6-5-7-18(10)9-19/h8-10H,5-7H2,1-4H3,(H,16,17)/t10-/m0/s1. The maximum atomic E-state index is 11.1. The van der Waals surface area contributed by atoms with Gasteiger partial charge >= 0.3 is 7.12 Å². The summed E-state index contributed by atoms with van der Waals surface area (Å²) in [5.74, 6) is 0.810. The fourth-order valence-corrected chi connectivity index (χ4v) is 2.82. The number of carbonyl (C=O) groups is 1. The van der Waals surface area contributed by atoms with Gasteiger partial charge in [-0.15, -0.1) is 0 Å². The van der Waals surface area contributed by atoms with Crippen LogP contribution < -0.4 is 5.59 Å². The van der Waals surface area contributed by atoms with E-state index in [9.17, 15) is 4.79 Å². The van der Waals surface area contributed by atoms with Crippen LogP contribution in [0.4, 0.5) is 0 Å². The van der Waals surface area contributed by atoms with Gasteiger partial charge in [0, 0.05) is 12.7 Å². The molecule has 6 nitrogen and oxygen atoms in total. The van der Waals surface area contributed by atoms with Gasteiger partial charge < -0.3 is 19.2 Å². The van der Waals surface area contributed by atoms with Crippen LogP contribution in [0, 0.1) is 0 Å². The van der Waals surface area contributed by atoms with Gasteiger partial charge in [-0.1, -0.05) is 0 Å². The summed E-state index contributed by atoms with van der Waals surface area (Å²) in [4.78, 5) is 20.5. The number of aromatic nitrogens is 2. The number of likely N-dealkylation sites (tertiary alicyclic amines) is 1. The average Bonchev–Trinajstić information content (AvgIpc) is 3.08. The molecule has 0 unspecified atom stereocenters. The predicted octanol–water partition coefficient (Wildman–Crippen LogP) is 1.00. The second kappa shape index (κ2) is 4.85. The highest BCUT2D eigenvalue weighted by Crippen LogP contribution is 2.36. The average molecular weight is 291 g/mol. The molecule has 2 fully saturated rings. The second-order valence-corrected chi connectivity index (χ2v) is 6.81. The van der Waals surface area contributed by atoms with E-state index in [1.54, 1.807) is 11.1 Å². The Morgan fingerprint density at radius 1 is 1.38 bits per heavy atom. The number of amides is 1. The zero-order valence-electron chi connectivity index (χ0n) is 13.0. The number of nitrogens with zero attached hydrogens (tertiary/aromatic N) is 2. The maximum absolute atomic E-state index is 11.1. The van der Waals surface area contributed by atoms with Crippen molar-refractivity contribution in [1.82, 2.24) is 14.9 Å². The number of carbonyl (C=O) groups excluding carboxylic acids is 1. The lowest BCUT2D eigenvalue weighted by molar-refractivity contribution is -0.119. The Labute approximate surface area is 125 Å². The van der Waals surface area contributed by atoms with Gasteiger partial charge in [0.15, 0.2) is 0 Å². The van der Waals surface area contributed by atoms with Crippen molar-refractivity contribution in [2.45, 2.75) is 57.8 Å². The molecule has 2 aliphatic heterocycles. The van der Waals surface area contributed by atoms with Crippen molar-refractivity contribution < 1.29 is 14.1 Å². The molecule has 1 atom stereocenters. The van der Waals surface area contributed by atoms with Crippen LogP contribution in [-0.4, -0.2) is 46.1 Å². The topological polar surface area (TPSA) is 67.5 Å². The minimum absolute atomic E-state index is 0.0404. The van der Waals surface area contributed by atoms with Crippen molar-refractivity contribution in [1.29, 1.82) is 0 Å². The largest absolute Gasteiger partial charge is 0.513 e. The Morgan fingerprint density at radius 3 is 2.67 bits per heavy atom. The van der Waals surface area contributed by atoms with Crippen molar-refractivity contribution in [2.24, 2.45) is 0 Å². The first-order valence-electron chi connectivity index (χ1n) is 7.45. The third-order valence-corrected chi connectivity index (χ3v) is 4.87. The molecule has 0 saturated carbocycles. The van der Waals surface area contributed by atoms with Crippen molar-refractivity contribution >= 4 is 19.1 Å². The highest BCUT2D eigenvalue weighted by molar-refractivity contribution is 6.61. The molecule has 1 aromatic rings. The maximum Gasteiger partial charge on any atom is 0.513 e. The summed E-state index contributed by atoms with van der Waals surface area (Å²) >= 11 is 0. The molecule has 0 spiro atoms. The van der Waals surface area contributed by atoms with E-state index in [-0.39, 0.29) is 17.2 Å². The first kappa shape index (κ1) is 14.6. The molecular weight excluding hydrogens is 269 g/mol. The molecule has 1 aromatic heterocycles. The van der Waals surface area contributed by atoms with Crippen LogP contribution in [0.15, 0.2) is 6.20 Å². The number of hydrogen-bond acceptors (Lipinski definition) is 4. The number of hydrogen-bond donors (Lipinski definition) is 1. The minimum atomic E-state index is -0.442. The normalized spacial score (nSPS) is 27.3. The Hall–Kier alpha value is -1.34. The van der Waals surface area contributed by atoms with E-state index in [1.165, 1.54) is 0 Å².